The lowest BCUT2D eigenvalue weighted by molar-refractivity contribution is -0.130. The first-order valence-electron chi connectivity index (χ1n) is 5.65. The third-order valence-corrected chi connectivity index (χ3v) is 3.03. The molecule has 1 N–H and O–H groups in total. The maximum atomic E-state index is 11.7. The molecule has 0 saturated carbocycles. The fourth-order valence-corrected chi connectivity index (χ4v) is 2.05. The smallest absolute Gasteiger partial charge is 0.238 e. The maximum Gasteiger partial charge on any atom is 0.238 e. The van der Waals surface area contributed by atoms with Crippen LogP contribution < -0.4 is 5.32 Å². The molecular weight excluding hydrogens is 236 g/mol. The van der Waals surface area contributed by atoms with Gasteiger partial charge in [0.1, 0.15) is 0 Å². The van der Waals surface area contributed by atoms with Gasteiger partial charge in [-0.05, 0) is 25.5 Å². The van der Waals surface area contributed by atoms with E-state index in [2.05, 4.69) is 5.32 Å². The van der Waals surface area contributed by atoms with E-state index in [4.69, 9.17) is 11.6 Å². The first kappa shape index (κ1) is 14.0. The SMILES string of the molecule is CC(N[C@@H](C)c1ccccc1Cl)C(=O)N(C)C. The topological polar surface area (TPSA) is 32.3 Å². The van der Waals surface area contributed by atoms with Crippen molar-refractivity contribution >= 4 is 17.5 Å². The molecule has 0 aliphatic heterocycles. The van der Waals surface area contributed by atoms with Crippen LogP contribution in [-0.4, -0.2) is 30.9 Å². The molecule has 1 unspecified atom stereocenters. The summed E-state index contributed by atoms with van der Waals surface area (Å²) in [6.45, 7) is 3.86. The van der Waals surface area contributed by atoms with Crippen LogP contribution in [0.2, 0.25) is 5.02 Å². The quantitative estimate of drug-likeness (QED) is 0.895. The van der Waals surface area contributed by atoms with Gasteiger partial charge in [0.05, 0.1) is 6.04 Å². The maximum absolute atomic E-state index is 11.7. The summed E-state index contributed by atoms with van der Waals surface area (Å²) in [5.74, 6) is 0.0592. The van der Waals surface area contributed by atoms with Crippen molar-refractivity contribution in [1.29, 1.82) is 0 Å². The zero-order valence-electron chi connectivity index (χ0n) is 10.7. The van der Waals surface area contributed by atoms with Gasteiger partial charge in [-0.2, -0.15) is 0 Å². The van der Waals surface area contributed by atoms with Gasteiger partial charge in [0, 0.05) is 25.2 Å². The summed E-state index contributed by atoms with van der Waals surface area (Å²) in [7, 11) is 3.50. The van der Waals surface area contributed by atoms with Gasteiger partial charge in [-0.25, -0.2) is 0 Å². The van der Waals surface area contributed by atoms with Crippen LogP contribution in [0, 0.1) is 0 Å². The lowest BCUT2D eigenvalue weighted by atomic mass is 10.1. The highest BCUT2D eigenvalue weighted by molar-refractivity contribution is 6.31. The Morgan fingerprint density at radius 1 is 1.29 bits per heavy atom. The van der Waals surface area contributed by atoms with Crippen LogP contribution >= 0.6 is 11.6 Å². The second-order valence-corrected chi connectivity index (χ2v) is 4.77. The number of carbonyl (C=O) groups is 1. The van der Waals surface area contributed by atoms with Crippen molar-refractivity contribution in [2.24, 2.45) is 0 Å². The summed E-state index contributed by atoms with van der Waals surface area (Å²) in [5.41, 5.74) is 1.01. The highest BCUT2D eigenvalue weighted by Gasteiger charge is 2.18. The van der Waals surface area contributed by atoms with Crippen LogP contribution in [-0.2, 0) is 4.79 Å². The van der Waals surface area contributed by atoms with Crippen LogP contribution in [0.15, 0.2) is 24.3 Å². The van der Waals surface area contributed by atoms with E-state index in [0.29, 0.717) is 0 Å². The number of carbonyl (C=O) groups excluding carboxylic acids is 1. The summed E-state index contributed by atoms with van der Waals surface area (Å²) < 4.78 is 0. The van der Waals surface area contributed by atoms with E-state index in [1.165, 1.54) is 0 Å². The van der Waals surface area contributed by atoms with E-state index in [0.717, 1.165) is 10.6 Å². The molecule has 0 bridgehead atoms. The molecule has 17 heavy (non-hydrogen) atoms. The van der Waals surface area contributed by atoms with Gasteiger partial charge >= 0.3 is 0 Å². The van der Waals surface area contributed by atoms with E-state index < -0.39 is 0 Å². The van der Waals surface area contributed by atoms with Gasteiger partial charge < -0.3 is 4.90 Å². The third kappa shape index (κ3) is 3.72. The molecule has 1 rings (SSSR count). The van der Waals surface area contributed by atoms with Gasteiger partial charge in [-0.1, -0.05) is 29.8 Å². The lowest BCUT2D eigenvalue weighted by Crippen LogP contribution is -2.42. The number of hydrogen-bond donors (Lipinski definition) is 1. The number of halogens is 1. The van der Waals surface area contributed by atoms with E-state index in [9.17, 15) is 4.79 Å². The van der Waals surface area contributed by atoms with E-state index in [1.807, 2.05) is 38.1 Å². The average Bonchev–Trinajstić information content (AvgIpc) is 2.28. The minimum atomic E-state index is -0.226. The Kier molecular flexibility index (Phi) is 4.97. The van der Waals surface area contributed by atoms with Crippen LogP contribution in [0.5, 0.6) is 0 Å². The molecule has 1 aromatic carbocycles. The molecule has 0 saturated heterocycles. The lowest BCUT2D eigenvalue weighted by Gasteiger charge is -2.23. The molecule has 0 aromatic heterocycles. The largest absolute Gasteiger partial charge is 0.347 e. The van der Waals surface area contributed by atoms with Crippen molar-refractivity contribution in [3.8, 4) is 0 Å². The summed E-state index contributed by atoms with van der Waals surface area (Å²) in [4.78, 5) is 13.3. The number of nitrogens with zero attached hydrogens (tertiary/aromatic N) is 1. The number of likely N-dealkylation sites (N-methyl/N-ethyl adjacent to an activating group) is 1. The minimum Gasteiger partial charge on any atom is -0.347 e. The van der Waals surface area contributed by atoms with Gasteiger partial charge in [0.15, 0.2) is 0 Å². The standard InChI is InChI=1S/C13H19ClN2O/c1-9(11-7-5-6-8-12(11)14)15-10(2)13(17)16(3)4/h5-10,15H,1-4H3/t9-,10?/m0/s1. The zero-order chi connectivity index (χ0) is 13.0. The second-order valence-electron chi connectivity index (χ2n) is 4.36. The molecule has 0 aliphatic rings. The Hall–Kier alpha value is -1.06. The summed E-state index contributed by atoms with van der Waals surface area (Å²) >= 11 is 6.11. The van der Waals surface area contributed by atoms with Crippen LogP contribution in [0.4, 0.5) is 0 Å². The molecule has 0 fully saturated rings. The fraction of sp³-hybridized carbons (Fsp3) is 0.462. The molecule has 2 atom stereocenters. The monoisotopic (exact) mass is 254 g/mol. The fourth-order valence-electron chi connectivity index (χ4n) is 1.75. The number of rotatable bonds is 4. The molecule has 3 nitrogen and oxygen atoms in total. The summed E-state index contributed by atoms with van der Waals surface area (Å²) in [6.07, 6.45) is 0. The highest BCUT2D eigenvalue weighted by Crippen LogP contribution is 2.22. The molecule has 1 aromatic rings. The van der Waals surface area contributed by atoms with Gasteiger partial charge in [0.25, 0.3) is 0 Å². The Morgan fingerprint density at radius 3 is 2.41 bits per heavy atom. The van der Waals surface area contributed by atoms with E-state index in [1.54, 1.807) is 19.0 Å². The molecule has 0 radical (unpaired) electrons. The van der Waals surface area contributed by atoms with Crippen molar-refractivity contribution in [3.63, 3.8) is 0 Å². The van der Waals surface area contributed by atoms with Crippen molar-refractivity contribution in [2.75, 3.05) is 14.1 Å². The second kappa shape index (κ2) is 6.03. The predicted octanol–water partition coefficient (Wildman–Crippen LogP) is 2.47. The molecule has 0 heterocycles. The predicted molar refractivity (Wildman–Crippen MR) is 71.2 cm³/mol. The first-order chi connectivity index (χ1) is 7.93. The molecule has 4 heteroatoms. The third-order valence-electron chi connectivity index (χ3n) is 2.68. The molecule has 1 amide bonds. The number of hydrogen-bond acceptors (Lipinski definition) is 2. The number of nitrogens with one attached hydrogen (secondary N) is 1. The van der Waals surface area contributed by atoms with Crippen molar-refractivity contribution < 1.29 is 4.79 Å². The van der Waals surface area contributed by atoms with Crippen LogP contribution in [0.3, 0.4) is 0 Å². The number of amides is 1. The minimum absolute atomic E-state index is 0.0441. The van der Waals surface area contributed by atoms with Crippen molar-refractivity contribution in [3.05, 3.63) is 34.9 Å². The summed E-state index contributed by atoms with van der Waals surface area (Å²) in [5, 5.41) is 3.96. The number of benzene rings is 1. The molecule has 94 valence electrons. The average molecular weight is 255 g/mol. The Bertz CT molecular complexity index is 393. The van der Waals surface area contributed by atoms with Crippen molar-refractivity contribution in [2.45, 2.75) is 25.9 Å². The van der Waals surface area contributed by atoms with E-state index >= 15 is 0 Å². The summed E-state index contributed by atoms with van der Waals surface area (Å²) in [6, 6.07) is 7.48. The molecule has 0 aliphatic carbocycles. The Labute approximate surface area is 108 Å². The van der Waals surface area contributed by atoms with Crippen LogP contribution in [0.25, 0.3) is 0 Å². The first-order valence-corrected chi connectivity index (χ1v) is 6.03. The van der Waals surface area contributed by atoms with Gasteiger partial charge in [0.2, 0.25) is 5.91 Å². The van der Waals surface area contributed by atoms with E-state index in [-0.39, 0.29) is 18.0 Å². The van der Waals surface area contributed by atoms with Crippen LogP contribution in [0.1, 0.15) is 25.5 Å². The van der Waals surface area contributed by atoms with Gasteiger partial charge in [-0.3, -0.25) is 10.1 Å². The molecule has 0 spiro atoms. The Balaban J connectivity index is 2.70. The van der Waals surface area contributed by atoms with Crippen molar-refractivity contribution in [1.82, 2.24) is 10.2 Å². The Morgan fingerprint density at radius 2 is 1.88 bits per heavy atom. The highest BCUT2D eigenvalue weighted by atomic mass is 35.5. The van der Waals surface area contributed by atoms with Gasteiger partial charge in [-0.15, -0.1) is 0 Å². The zero-order valence-corrected chi connectivity index (χ0v) is 11.5. The normalized spacial score (nSPS) is 14.2. The molecular formula is C13H19ClN2O.